The van der Waals surface area contributed by atoms with Gasteiger partial charge in [-0.1, -0.05) is 42.5 Å². The Kier molecular flexibility index (Phi) is 2.99. The summed E-state index contributed by atoms with van der Waals surface area (Å²) >= 11 is 0. The van der Waals surface area contributed by atoms with E-state index >= 15 is 0 Å². The van der Waals surface area contributed by atoms with Crippen LogP contribution in [0.5, 0.6) is 0 Å². The summed E-state index contributed by atoms with van der Waals surface area (Å²) in [7, 11) is 0. The highest BCUT2D eigenvalue weighted by atomic mass is 16.6. The molecule has 19 heavy (non-hydrogen) atoms. The van der Waals surface area contributed by atoms with Gasteiger partial charge in [-0.15, -0.1) is 0 Å². The maximum atomic E-state index is 5.34. The smallest absolute Gasteiger partial charge is 0.320 e. The maximum Gasteiger partial charge on any atom is 0.320 e. The fourth-order valence-corrected chi connectivity index (χ4v) is 1.87. The number of aromatic nitrogens is 2. The lowest BCUT2D eigenvalue weighted by Crippen LogP contribution is -2.03. The summed E-state index contributed by atoms with van der Waals surface area (Å²) in [5.41, 5.74) is 8.95. The Labute approximate surface area is 109 Å². The second kappa shape index (κ2) is 4.95. The summed E-state index contributed by atoms with van der Waals surface area (Å²) in [6, 6.07) is 14.2. The van der Waals surface area contributed by atoms with Crippen LogP contribution in [0.2, 0.25) is 0 Å². The van der Waals surface area contributed by atoms with Gasteiger partial charge in [-0.2, -0.15) is 4.98 Å². The van der Waals surface area contributed by atoms with Crippen molar-refractivity contribution in [2.24, 2.45) is 0 Å². The molecule has 0 bridgehead atoms. The largest absolute Gasteiger partial charge is 0.351 e. The molecule has 3 rings (SSSR count). The number of nitrogens with two attached hydrogens (primary N) is 1. The number of hydrogen-bond acceptors (Lipinski definition) is 6. The van der Waals surface area contributed by atoms with Crippen molar-refractivity contribution in [3.05, 3.63) is 48.0 Å². The zero-order valence-electron chi connectivity index (χ0n) is 10.0. The highest BCUT2D eigenvalue weighted by molar-refractivity contribution is 5.85. The molecule has 0 aliphatic carbocycles. The topological polar surface area (TPSA) is 86.2 Å². The molecule has 3 N–H and O–H groups in total. The molecule has 0 saturated carbocycles. The van der Waals surface area contributed by atoms with Crippen molar-refractivity contribution >= 4 is 22.7 Å². The van der Waals surface area contributed by atoms with Gasteiger partial charge < -0.3 is 10.3 Å². The van der Waals surface area contributed by atoms with E-state index in [0.717, 1.165) is 10.9 Å². The molecule has 3 aromatic rings. The molecular formula is C13H12N4O2. The van der Waals surface area contributed by atoms with Gasteiger partial charge in [-0.3, -0.25) is 4.84 Å². The van der Waals surface area contributed by atoms with Crippen molar-refractivity contribution in [2.75, 3.05) is 11.2 Å². The normalized spacial score (nSPS) is 10.7. The van der Waals surface area contributed by atoms with Crippen LogP contribution >= 0.6 is 0 Å². The number of anilines is 2. The first-order valence-electron chi connectivity index (χ1n) is 5.76. The van der Waals surface area contributed by atoms with Crippen LogP contribution in [0.1, 0.15) is 5.56 Å². The molecule has 0 unspecified atom stereocenters. The van der Waals surface area contributed by atoms with Gasteiger partial charge >= 0.3 is 6.01 Å². The van der Waals surface area contributed by atoms with Crippen molar-refractivity contribution in [1.82, 2.24) is 10.1 Å². The number of rotatable bonds is 4. The molecule has 6 nitrogen and oxygen atoms in total. The number of fused-ring (bicyclic) bond motifs is 1. The number of nitrogen functional groups attached to an aromatic ring is 1. The fourth-order valence-electron chi connectivity index (χ4n) is 1.87. The molecular weight excluding hydrogens is 244 g/mol. The van der Waals surface area contributed by atoms with Gasteiger partial charge in [-0.25, -0.2) is 5.48 Å². The molecule has 2 aromatic carbocycles. The predicted molar refractivity (Wildman–Crippen MR) is 71.1 cm³/mol. The fraction of sp³-hybridized carbons (Fsp3) is 0.0769. The minimum atomic E-state index is -0.00346. The van der Waals surface area contributed by atoms with Crippen molar-refractivity contribution in [3.63, 3.8) is 0 Å². The first-order chi connectivity index (χ1) is 9.33. The number of nitrogens with zero attached hydrogens (tertiary/aromatic N) is 2. The van der Waals surface area contributed by atoms with Crippen LogP contribution in [0.15, 0.2) is 47.0 Å². The van der Waals surface area contributed by atoms with E-state index in [4.69, 9.17) is 10.6 Å². The van der Waals surface area contributed by atoms with Gasteiger partial charge in [0, 0.05) is 0 Å². The van der Waals surface area contributed by atoms with Gasteiger partial charge in [0.15, 0.2) is 0 Å². The lowest BCUT2D eigenvalue weighted by Gasteiger charge is -2.06. The third-order valence-corrected chi connectivity index (χ3v) is 2.71. The van der Waals surface area contributed by atoms with Crippen LogP contribution in [0.25, 0.3) is 10.8 Å². The zero-order chi connectivity index (χ0) is 13.1. The summed E-state index contributed by atoms with van der Waals surface area (Å²) < 4.78 is 4.61. The Morgan fingerprint density at radius 1 is 1.16 bits per heavy atom. The van der Waals surface area contributed by atoms with Crippen molar-refractivity contribution in [2.45, 2.75) is 6.61 Å². The second-order valence-corrected chi connectivity index (χ2v) is 3.99. The Balaban J connectivity index is 1.71. The average molecular weight is 256 g/mol. The molecule has 1 heterocycles. The van der Waals surface area contributed by atoms with Crippen LogP contribution in [-0.4, -0.2) is 10.1 Å². The molecule has 0 aliphatic heterocycles. The van der Waals surface area contributed by atoms with Crippen LogP contribution in [-0.2, 0) is 11.4 Å². The SMILES string of the molecule is Nc1nc(NOCc2cccc3ccccc23)no1. The van der Waals surface area contributed by atoms with E-state index in [-0.39, 0.29) is 12.0 Å². The maximum absolute atomic E-state index is 5.34. The molecule has 0 atom stereocenters. The summed E-state index contributed by atoms with van der Waals surface area (Å²) in [6.07, 6.45) is 0. The third kappa shape index (κ3) is 2.48. The van der Waals surface area contributed by atoms with E-state index in [2.05, 4.69) is 38.3 Å². The number of nitrogens with one attached hydrogen (secondary N) is 1. The van der Waals surface area contributed by atoms with E-state index in [1.807, 2.05) is 24.3 Å². The van der Waals surface area contributed by atoms with E-state index in [1.165, 1.54) is 5.39 Å². The van der Waals surface area contributed by atoms with E-state index < -0.39 is 0 Å². The minimum absolute atomic E-state index is 0.00346. The molecule has 6 heteroatoms. The Hall–Kier alpha value is -2.60. The number of hydrogen-bond donors (Lipinski definition) is 2. The van der Waals surface area contributed by atoms with Crippen LogP contribution in [0.3, 0.4) is 0 Å². The number of benzene rings is 2. The van der Waals surface area contributed by atoms with E-state index in [1.54, 1.807) is 0 Å². The lowest BCUT2D eigenvalue weighted by atomic mass is 10.1. The molecule has 1 aromatic heterocycles. The molecule has 0 amide bonds. The second-order valence-electron chi connectivity index (χ2n) is 3.99. The average Bonchev–Trinajstić information content (AvgIpc) is 2.85. The summed E-state index contributed by atoms with van der Waals surface area (Å²) in [6.45, 7) is 0.385. The van der Waals surface area contributed by atoms with E-state index in [0.29, 0.717) is 6.61 Å². The summed E-state index contributed by atoms with van der Waals surface area (Å²) in [5, 5.41) is 5.89. The van der Waals surface area contributed by atoms with Crippen molar-refractivity contribution < 1.29 is 9.36 Å². The van der Waals surface area contributed by atoms with Gasteiger partial charge in [-0.05, 0) is 21.5 Å². The molecule has 96 valence electrons. The van der Waals surface area contributed by atoms with Gasteiger partial charge in [0.05, 0.1) is 0 Å². The summed E-state index contributed by atoms with van der Waals surface area (Å²) in [5.74, 6) is 0.206. The molecule has 0 radical (unpaired) electrons. The van der Waals surface area contributed by atoms with Gasteiger partial charge in [0.1, 0.15) is 6.61 Å². The van der Waals surface area contributed by atoms with Crippen molar-refractivity contribution in [1.29, 1.82) is 0 Å². The van der Waals surface area contributed by atoms with Crippen LogP contribution in [0, 0.1) is 0 Å². The zero-order valence-corrected chi connectivity index (χ0v) is 10.0. The van der Waals surface area contributed by atoms with Crippen LogP contribution in [0.4, 0.5) is 12.0 Å². The van der Waals surface area contributed by atoms with Gasteiger partial charge in [0.25, 0.3) is 5.95 Å². The first-order valence-corrected chi connectivity index (χ1v) is 5.76. The molecule has 0 fully saturated rings. The molecule has 0 saturated heterocycles. The Morgan fingerprint density at radius 3 is 2.84 bits per heavy atom. The highest BCUT2D eigenvalue weighted by Crippen LogP contribution is 2.19. The predicted octanol–water partition coefficient (Wildman–Crippen LogP) is 2.35. The minimum Gasteiger partial charge on any atom is -0.351 e. The molecule has 0 spiro atoms. The first kappa shape index (κ1) is 11.5. The molecule has 0 aliphatic rings. The quantitative estimate of drug-likeness (QED) is 0.697. The van der Waals surface area contributed by atoms with Crippen molar-refractivity contribution in [3.8, 4) is 0 Å². The standard InChI is InChI=1S/C13H12N4O2/c14-12-15-13(17-19-12)16-18-8-10-6-3-5-9-4-1-2-7-11(9)10/h1-7H,8H2,(H3,14,15,16,17). The lowest BCUT2D eigenvalue weighted by molar-refractivity contribution is 0.177. The monoisotopic (exact) mass is 256 g/mol. The van der Waals surface area contributed by atoms with Crippen LogP contribution < -0.4 is 11.2 Å². The Morgan fingerprint density at radius 2 is 2.00 bits per heavy atom. The summed E-state index contributed by atoms with van der Waals surface area (Å²) in [4.78, 5) is 9.10. The highest BCUT2D eigenvalue weighted by Gasteiger charge is 2.03. The van der Waals surface area contributed by atoms with Gasteiger partial charge in [0.2, 0.25) is 0 Å². The third-order valence-electron chi connectivity index (χ3n) is 2.71. The Bertz CT molecular complexity index is 690. The van der Waals surface area contributed by atoms with E-state index in [9.17, 15) is 0 Å².